The van der Waals surface area contributed by atoms with E-state index in [1.54, 1.807) is 12.1 Å². The minimum Gasteiger partial charge on any atom is -0.382 e. The molecule has 3 N–H and O–H groups in total. The van der Waals surface area contributed by atoms with Gasteiger partial charge in [0.15, 0.2) is 0 Å². The second kappa shape index (κ2) is 9.00. The molecule has 0 saturated heterocycles. The van der Waals surface area contributed by atoms with Crippen LogP contribution < -0.4 is 11.1 Å². The second-order valence-corrected chi connectivity index (χ2v) is 7.80. The van der Waals surface area contributed by atoms with Gasteiger partial charge in [0.1, 0.15) is 23.3 Å². The first-order chi connectivity index (χ1) is 15.1. The molecule has 6 nitrogen and oxygen atoms in total. The first-order valence-electron chi connectivity index (χ1n) is 10.4. The van der Waals surface area contributed by atoms with Crippen LogP contribution in [0.15, 0.2) is 48.5 Å². The number of halogens is 1. The van der Waals surface area contributed by atoms with Crippen molar-refractivity contribution < 1.29 is 9.18 Å². The van der Waals surface area contributed by atoms with Crippen molar-refractivity contribution in [3.63, 3.8) is 0 Å². The molecule has 1 heterocycles. The Morgan fingerprint density at radius 2 is 2.03 bits per heavy atom. The topological polar surface area (TPSA) is 96.7 Å². The fourth-order valence-electron chi connectivity index (χ4n) is 4.19. The zero-order chi connectivity index (χ0) is 21.8. The van der Waals surface area contributed by atoms with Crippen LogP contribution in [0.3, 0.4) is 0 Å². The molecule has 1 aromatic heterocycles. The number of anilines is 1. The Hall–Kier alpha value is -3.66. The summed E-state index contributed by atoms with van der Waals surface area (Å²) in [4.78, 5) is 12.4. The van der Waals surface area contributed by atoms with Crippen LogP contribution in [0.1, 0.15) is 47.6 Å². The smallest absolute Gasteiger partial charge is 0.220 e. The number of carbonyl (C=O) groups excluding carboxylic acids is 1. The third-order valence-electron chi connectivity index (χ3n) is 5.78. The molecule has 31 heavy (non-hydrogen) atoms. The van der Waals surface area contributed by atoms with E-state index in [1.165, 1.54) is 27.9 Å². The molecule has 158 valence electrons. The molecule has 1 amide bonds. The molecule has 1 aliphatic rings. The molecular formula is C24H24FN5O. The maximum atomic E-state index is 13.2. The van der Waals surface area contributed by atoms with Crippen molar-refractivity contribution in [2.24, 2.45) is 0 Å². The molecule has 1 atom stereocenters. The third-order valence-corrected chi connectivity index (χ3v) is 5.78. The highest BCUT2D eigenvalue weighted by Gasteiger charge is 2.24. The van der Waals surface area contributed by atoms with Crippen molar-refractivity contribution >= 4 is 11.7 Å². The monoisotopic (exact) mass is 417 g/mol. The van der Waals surface area contributed by atoms with Gasteiger partial charge in [0.25, 0.3) is 0 Å². The molecule has 1 unspecified atom stereocenters. The summed E-state index contributed by atoms with van der Waals surface area (Å²) >= 11 is 0. The van der Waals surface area contributed by atoms with Crippen LogP contribution in [0, 0.1) is 17.1 Å². The summed E-state index contributed by atoms with van der Waals surface area (Å²) in [7, 11) is 0. The number of nitrogens with one attached hydrogen (secondary N) is 1. The SMILES string of the molecule is N#Cc1c(CCCNC(=O)CC2CCc3ccccc32)nn(-c2ccc(F)cc2)c1N. The molecule has 1 aliphatic carbocycles. The summed E-state index contributed by atoms with van der Waals surface area (Å²) < 4.78 is 14.6. The predicted octanol–water partition coefficient (Wildman–Crippen LogP) is 3.63. The van der Waals surface area contributed by atoms with Gasteiger partial charge in [0, 0.05) is 13.0 Å². The molecule has 0 saturated carbocycles. The molecule has 0 spiro atoms. The molecule has 0 radical (unpaired) electrons. The number of nitriles is 1. The summed E-state index contributed by atoms with van der Waals surface area (Å²) in [6, 6.07) is 16.2. The van der Waals surface area contributed by atoms with E-state index >= 15 is 0 Å². The lowest BCUT2D eigenvalue weighted by atomic mass is 9.97. The summed E-state index contributed by atoms with van der Waals surface area (Å²) in [5, 5.41) is 16.9. The minimum atomic E-state index is -0.355. The van der Waals surface area contributed by atoms with E-state index in [0.29, 0.717) is 42.8 Å². The van der Waals surface area contributed by atoms with Crippen LogP contribution in [-0.2, 0) is 17.6 Å². The zero-order valence-electron chi connectivity index (χ0n) is 17.1. The van der Waals surface area contributed by atoms with Gasteiger partial charge in [-0.15, -0.1) is 0 Å². The third kappa shape index (κ3) is 4.43. The van der Waals surface area contributed by atoms with E-state index in [-0.39, 0.29) is 23.5 Å². The standard InChI is InChI=1S/C24H24FN5O/c25-18-9-11-19(12-10-18)30-24(27)21(15-26)22(29-30)6-3-13-28-23(31)14-17-8-7-16-4-1-2-5-20(16)17/h1-2,4-5,9-12,17H,3,6-8,13-14,27H2,(H,28,31). The molecular weight excluding hydrogens is 393 g/mol. The van der Waals surface area contributed by atoms with Gasteiger partial charge >= 0.3 is 0 Å². The van der Waals surface area contributed by atoms with E-state index in [2.05, 4.69) is 28.6 Å². The normalized spacial score (nSPS) is 14.8. The largest absolute Gasteiger partial charge is 0.382 e. The predicted molar refractivity (Wildman–Crippen MR) is 116 cm³/mol. The number of rotatable bonds is 7. The molecule has 2 aromatic carbocycles. The molecule has 4 rings (SSSR count). The minimum absolute atomic E-state index is 0.0403. The van der Waals surface area contributed by atoms with E-state index in [9.17, 15) is 14.4 Å². The Morgan fingerprint density at radius 1 is 1.26 bits per heavy atom. The second-order valence-electron chi connectivity index (χ2n) is 7.80. The maximum absolute atomic E-state index is 13.2. The highest BCUT2D eigenvalue weighted by Crippen LogP contribution is 2.35. The van der Waals surface area contributed by atoms with Gasteiger partial charge in [-0.1, -0.05) is 24.3 Å². The van der Waals surface area contributed by atoms with Gasteiger partial charge in [-0.3, -0.25) is 4.79 Å². The first-order valence-corrected chi connectivity index (χ1v) is 10.4. The molecule has 7 heteroatoms. The van der Waals surface area contributed by atoms with Crippen LogP contribution in [0.2, 0.25) is 0 Å². The number of nitrogens with zero attached hydrogens (tertiary/aromatic N) is 3. The highest BCUT2D eigenvalue weighted by atomic mass is 19.1. The Morgan fingerprint density at radius 3 is 2.81 bits per heavy atom. The number of hydrogen-bond donors (Lipinski definition) is 2. The fourth-order valence-corrected chi connectivity index (χ4v) is 4.19. The van der Waals surface area contributed by atoms with Crippen molar-refractivity contribution in [1.29, 1.82) is 5.26 Å². The Labute approximate surface area is 180 Å². The quantitative estimate of drug-likeness (QED) is 0.574. The summed E-state index contributed by atoms with van der Waals surface area (Å²) in [5.41, 5.74) is 10.2. The summed E-state index contributed by atoms with van der Waals surface area (Å²) in [6.45, 7) is 0.501. The van der Waals surface area contributed by atoms with E-state index in [4.69, 9.17) is 5.73 Å². The molecule has 0 aliphatic heterocycles. The number of aryl methyl sites for hydroxylation is 2. The Bertz CT molecular complexity index is 1130. The van der Waals surface area contributed by atoms with Gasteiger partial charge in [-0.05, 0) is 67.0 Å². The molecule has 3 aromatic rings. The number of aromatic nitrogens is 2. The van der Waals surface area contributed by atoms with Crippen LogP contribution in [0.4, 0.5) is 10.2 Å². The number of hydrogen-bond acceptors (Lipinski definition) is 4. The van der Waals surface area contributed by atoms with Crippen LogP contribution in [0.5, 0.6) is 0 Å². The van der Waals surface area contributed by atoms with E-state index in [0.717, 1.165) is 12.8 Å². The van der Waals surface area contributed by atoms with Gasteiger partial charge in [0.05, 0.1) is 11.4 Å². The van der Waals surface area contributed by atoms with Crippen molar-refractivity contribution in [2.45, 2.75) is 38.0 Å². The first kappa shape index (κ1) is 20.6. The van der Waals surface area contributed by atoms with Crippen LogP contribution >= 0.6 is 0 Å². The highest BCUT2D eigenvalue weighted by molar-refractivity contribution is 5.77. The number of nitrogen functional groups attached to an aromatic ring is 1. The number of amides is 1. The lowest BCUT2D eigenvalue weighted by Crippen LogP contribution is -2.26. The van der Waals surface area contributed by atoms with Crippen molar-refractivity contribution in [2.75, 3.05) is 12.3 Å². The van der Waals surface area contributed by atoms with E-state index in [1.807, 2.05) is 12.1 Å². The van der Waals surface area contributed by atoms with Crippen LogP contribution in [0.25, 0.3) is 5.69 Å². The maximum Gasteiger partial charge on any atom is 0.220 e. The lowest BCUT2D eigenvalue weighted by Gasteiger charge is -2.11. The number of carbonyl (C=O) groups is 1. The average Bonchev–Trinajstić information content (AvgIpc) is 3.32. The molecule has 0 bridgehead atoms. The Balaban J connectivity index is 1.32. The fraction of sp³-hybridized carbons (Fsp3) is 0.292. The van der Waals surface area contributed by atoms with Crippen molar-refractivity contribution in [3.8, 4) is 11.8 Å². The van der Waals surface area contributed by atoms with Gasteiger partial charge in [-0.25, -0.2) is 9.07 Å². The van der Waals surface area contributed by atoms with Crippen molar-refractivity contribution in [1.82, 2.24) is 15.1 Å². The number of benzene rings is 2. The lowest BCUT2D eigenvalue weighted by molar-refractivity contribution is -0.121. The van der Waals surface area contributed by atoms with Crippen molar-refractivity contribution in [3.05, 3.63) is 76.7 Å². The van der Waals surface area contributed by atoms with Gasteiger partial charge in [0.2, 0.25) is 5.91 Å². The number of nitrogens with two attached hydrogens (primary N) is 1. The average molecular weight is 417 g/mol. The molecule has 0 fully saturated rings. The van der Waals surface area contributed by atoms with Gasteiger partial charge < -0.3 is 11.1 Å². The van der Waals surface area contributed by atoms with Gasteiger partial charge in [-0.2, -0.15) is 10.4 Å². The Kier molecular flexibility index (Phi) is 5.99. The van der Waals surface area contributed by atoms with E-state index < -0.39 is 0 Å². The zero-order valence-corrected chi connectivity index (χ0v) is 17.1. The number of fused-ring (bicyclic) bond motifs is 1. The summed E-state index contributed by atoms with van der Waals surface area (Å²) in [5.74, 6) is 0.200. The van der Waals surface area contributed by atoms with Crippen LogP contribution in [-0.4, -0.2) is 22.2 Å². The summed E-state index contributed by atoms with van der Waals surface area (Å²) in [6.07, 6.45) is 3.68.